The Labute approximate surface area is 84.0 Å². The first-order valence-corrected chi connectivity index (χ1v) is 5.06. The van der Waals surface area contributed by atoms with Crippen molar-refractivity contribution in [1.29, 1.82) is 0 Å². The van der Waals surface area contributed by atoms with Crippen LogP contribution in [-0.4, -0.2) is 55.5 Å². The number of ether oxygens (including phenoxy) is 1. The molecule has 0 spiro atoms. The third-order valence-electron chi connectivity index (χ3n) is 2.16. The number of aliphatic hydroxyl groups excluding tert-OH is 1. The maximum atomic E-state index is 11.5. The van der Waals surface area contributed by atoms with Gasteiger partial charge >= 0.3 is 6.03 Å². The second-order valence-corrected chi connectivity index (χ2v) is 3.26. The van der Waals surface area contributed by atoms with Gasteiger partial charge in [0.25, 0.3) is 0 Å². The molecule has 0 aromatic carbocycles. The monoisotopic (exact) mass is 202 g/mol. The molecule has 82 valence electrons. The molecule has 1 saturated heterocycles. The number of hydrogen-bond acceptors (Lipinski definition) is 3. The fraction of sp³-hybridized carbons (Fsp3) is 0.889. The summed E-state index contributed by atoms with van der Waals surface area (Å²) in [5.41, 5.74) is 0. The van der Waals surface area contributed by atoms with E-state index >= 15 is 0 Å². The quantitative estimate of drug-likeness (QED) is 0.621. The molecule has 0 aromatic heterocycles. The summed E-state index contributed by atoms with van der Waals surface area (Å²) in [6, 6.07) is -0.0220. The number of nitrogens with one attached hydrogen (secondary N) is 1. The van der Waals surface area contributed by atoms with E-state index in [9.17, 15) is 4.79 Å². The highest BCUT2D eigenvalue weighted by atomic mass is 16.5. The average molecular weight is 202 g/mol. The summed E-state index contributed by atoms with van der Waals surface area (Å²) in [5.74, 6) is 0. The first-order chi connectivity index (χ1) is 6.84. The predicted octanol–water partition coefficient (Wildman–Crippen LogP) is -0.199. The number of morpholine rings is 1. The molecule has 1 heterocycles. The summed E-state index contributed by atoms with van der Waals surface area (Å²) in [7, 11) is 0. The zero-order chi connectivity index (χ0) is 10.2. The molecular weight excluding hydrogens is 184 g/mol. The van der Waals surface area contributed by atoms with Crippen LogP contribution in [0.4, 0.5) is 4.79 Å². The molecule has 5 heteroatoms. The number of aliphatic hydroxyl groups is 1. The first kappa shape index (κ1) is 11.3. The van der Waals surface area contributed by atoms with Gasteiger partial charge in [0.2, 0.25) is 0 Å². The smallest absolute Gasteiger partial charge is 0.317 e. The summed E-state index contributed by atoms with van der Waals surface area (Å²) < 4.78 is 5.14. The Hall–Kier alpha value is -0.810. The van der Waals surface area contributed by atoms with E-state index in [1.165, 1.54) is 0 Å². The van der Waals surface area contributed by atoms with E-state index in [0.29, 0.717) is 32.8 Å². The Balaban J connectivity index is 2.07. The van der Waals surface area contributed by atoms with Crippen molar-refractivity contribution in [2.45, 2.75) is 12.8 Å². The third-order valence-corrected chi connectivity index (χ3v) is 2.16. The van der Waals surface area contributed by atoms with Crippen LogP contribution in [0.2, 0.25) is 0 Å². The minimum atomic E-state index is -0.0220. The number of urea groups is 1. The van der Waals surface area contributed by atoms with Crippen molar-refractivity contribution >= 4 is 6.03 Å². The summed E-state index contributed by atoms with van der Waals surface area (Å²) >= 11 is 0. The second kappa shape index (κ2) is 6.62. The van der Waals surface area contributed by atoms with Crippen LogP contribution in [0.1, 0.15) is 12.8 Å². The second-order valence-electron chi connectivity index (χ2n) is 3.26. The molecule has 1 aliphatic rings. The molecule has 5 nitrogen and oxygen atoms in total. The number of rotatable bonds is 4. The van der Waals surface area contributed by atoms with Gasteiger partial charge in [-0.2, -0.15) is 0 Å². The molecule has 2 N–H and O–H groups in total. The highest BCUT2D eigenvalue weighted by Gasteiger charge is 2.15. The zero-order valence-electron chi connectivity index (χ0n) is 8.37. The molecule has 2 amide bonds. The minimum Gasteiger partial charge on any atom is -0.396 e. The molecule has 0 bridgehead atoms. The molecule has 1 rings (SSSR count). The minimum absolute atomic E-state index is 0.0220. The van der Waals surface area contributed by atoms with Crippen molar-refractivity contribution < 1.29 is 14.6 Å². The number of hydrogen-bond donors (Lipinski definition) is 2. The number of carbonyl (C=O) groups excluding carboxylic acids is 1. The van der Waals surface area contributed by atoms with Gasteiger partial charge in [-0.3, -0.25) is 0 Å². The molecule has 1 aliphatic heterocycles. The highest BCUT2D eigenvalue weighted by Crippen LogP contribution is 1.96. The van der Waals surface area contributed by atoms with Crippen LogP contribution in [0.5, 0.6) is 0 Å². The molecule has 1 fully saturated rings. The number of carbonyl (C=O) groups is 1. The van der Waals surface area contributed by atoms with Crippen molar-refractivity contribution in [3.05, 3.63) is 0 Å². The predicted molar refractivity (Wildman–Crippen MR) is 52.1 cm³/mol. The van der Waals surface area contributed by atoms with Gasteiger partial charge in [-0.05, 0) is 12.8 Å². The van der Waals surface area contributed by atoms with E-state index in [4.69, 9.17) is 9.84 Å². The molecule has 0 atom stereocenters. The fourth-order valence-corrected chi connectivity index (χ4v) is 1.31. The standard InChI is InChI=1S/C9H18N2O3/c12-6-2-1-3-10-9(13)11-4-7-14-8-5-11/h12H,1-8H2,(H,10,13). The van der Waals surface area contributed by atoms with E-state index < -0.39 is 0 Å². The normalized spacial score (nSPS) is 16.8. The van der Waals surface area contributed by atoms with E-state index in [1.807, 2.05) is 0 Å². The van der Waals surface area contributed by atoms with Gasteiger partial charge in [-0.25, -0.2) is 4.79 Å². The molecule has 0 aliphatic carbocycles. The lowest BCUT2D eigenvalue weighted by Crippen LogP contribution is -2.46. The Morgan fingerprint density at radius 3 is 2.71 bits per heavy atom. The van der Waals surface area contributed by atoms with Crippen LogP contribution in [0.3, 0.4) is 0 Å². The van der Waals surface area contributed by atoms with Crippen LogP contribution in [0.15, 0.2) is 0 Å². The number of nitrogens with zero attached hydrogens (tertiary/aromatic N) is 1. The molecule has 0 unspecified atom stereocenters. The fourth-order valence-electron chi connectivity index (χ4n) is 1.31. The number of amides is 2. The average Bonchev–Trinajstić information content (AvgIpc) is 2.25. The van der Waals surface area contributed by atoms with Crippen LogP contribution in [0, 0.1) is 0 Å². The zero-order valence-corrected chi connectivity index (χ0v) is 8.37. The Kier molecular flexibility index (Phi) is 5.32. The van der Waals surface area contributed by atoms with E-state index in [-0.39, 0.29) is 12.6 Å². The van der Waals surface area contributed by atoms with Gasteiger partial charge < -0.3 is 20.1 Å². The van der Waals surface area contributed by atoms with Crippen molar-refractivity contribution in [2.75, 3.05) is 39.5 Å². The van der Waals surface area contributed by atoms with Crippen LogP contribution >= 0.6 is 0 Å². The number of unbranched alkanes of at least 4 members (excludes halogenated alkanes) is 1. The van der Waals surface area contributed by atoms with Crippen molar-refractivity contribution in [3.63, 3.8) is 0 Å². The lowest BCUT2D eigenvalue weighted by atomic mass is 10.3. The summed E-state index contributed by atoms with van der Waals surface area (Å²) in [6.07, 6.45) is 1.57. The van der Waals surface area contributed by atoms with E-state index in [1.54, 1.807) is 4.90 Å². The van der Waals surface area contributed by atoms with Crippen LogP contribution in [0.25, 0.3) is 0 Å². The lowest BCUT2D eigenvalue weighted by Gasteiger charge is -2.26. The maximum absolute atomic E-state index is 11.5. The van der Waals surface area contributed by atoms with E-state index in [2.05, 4.69) is 5.32 Å². The molecule has 0 aromatic rings. The van der Waals surface area contributed by atoms with Gasteiger partial charge in [0.15, 0.2) is 0 Å². The van der Waals surface area contributed by atoms with Crippen molar-refractivity contribution in [1.82, 2.24) is 10.2 Å². The molecule has 0 saturated carbocycles. The van der Waals surface area contributed by atoms with Crippen molar-refractivity contribution in [2.24, 2.45) is 0 Å². The van der Waals surface area contributed by atoms with Crippen LogP contribution in [-0.2, 0) is 4.74 Å². The van der Waals surface area contributed by atoms with Gasteiger partial charge in [0, 0.05) is 26.2 Å². The molecule has 14 heavy (non-hydrogen) atoms. The van der Waals surface area contributed by atoms with Crippen molar-refractivity contribution in [3.8, 4) is 0 Å². The van der Waals surface area contributed by atoms with Gasteiger partial charge in [-0.1, -0.05) is 0 Å². The highest BCUT2D eigenvalue weighted by molar-refractivity contribution is 5.74. The topological polar surface area (TPSA) is 61.8 Å². The largest absolute Gasteiger partial charge is 0.396 e. The van der Waals surface area contributed by atoms with Gasteiger partial charge in [0.1, 0.15) is 0 Å². The van der Waals surface area contributed by atoms with Gasteiger partial charge in [-0.15, -0.1) is 0 Å². The first-order valence-electron chi connectivity index (χ1n) is 5.06. The maximum Gasteiger partial charge on any atom is 0.317 e. The van der Waals surface area contributed by atoms with Gasteiger partial charge in [0.05, 0.1) is 13.2 Å². The Bertz CT molecular complexity index is 169. The summed E-state index contributed by atoms with van der Waals surface area (Å²) in [6.45, 7) is 3.43. The Morgan fingerprint density at radius 1 is 1.36 bits per heavy atom. The summed E-state index contributed by atoms with van der Waals surface area (Å²) in [4.78, 5) is 13.2. The lowest BCUT2D eigenvalue weighted by molar-refractivity contribution is 0.0532. The summed E-state index contributed by atoms with van der Waals surface area (Å²) in [5, 5.41) is 11.3. The van der Waals surface area contributed by atoms with Crippen LogP contribution < -0.4 is 5.32 Å². The Morgan fingerprint density at radius 2 is 2.07 bits per heavy atom. The molecular formula is C9H18N2O3. The SMILES string of the molecule is O=C(NCCCCO)N1CCOCC1. The third kappa shape index (κ3) is 3.93. The molecule has 0 radical (unpaired) electrons. The van der Waals surface area contributed by atoms with E-state index in [0.717, 1.165) is 12.8 Å².